The smallest absolute Gasteiger partial charge is 0.226 e. The SMILES string of the molecule is COc1ccc(C2C3=C(CC(C)(C)CC3=O)Nc3nc(-c4cc(OC)cc(OC)c4)nn32)cc1. The molecule has 5 rings (SSSR count). The van der Waals surface area contributed by atoms with E-state index in [1.807, 2.05) is 36.4 Å². The van der Waals surface area contributed by atoms with Crippen LogP contribution in [0.4, 0.5) is 5.95 Å². The number of ketones is 1. The van der Waals surface area contributed by atoms with E-state index in [2.05, 4.69) is 19.2 Å². The summed E-state index contributed by atoms with van der Waals surface area (Å²) in [6.45, 7) is 4.23. The third-order valence-electron chi connectivity index (χ3n) is 6.37. The lowest BCUT2D eigenvalue weighted by Crippen LogP contribution is -2.36. The Hall–Kier alpha value is -3.81. The average molecular weight is 461 g/mol. The first-order valence-corrected chi connectivity index (χ1v) is 11.2. The van der Waals surface area contributed by atoms with Gasteiger partial charge in [0, 0.05) is 29.3 Å². The fourth-order valence-electron chi connectivity index (χ4n) is 4.76. The fourth-order valence-corrected chi connectivity index (χ4v) is 4.76. The molecule has 0 amide bonds. The number of ether oxygens (including phenoxy) is 3. The van der Waals surface area contributed by atoms with Crippen LogP contribution in [0.15, 0.2) is 53.7 Å². The molecule has 2 heterocycles. The number of allylic oxidation sites excluding steroid dienone is 2. The van der Waals surface area contributed by atoms with Gasteiger partial charge in [-0.2, -0.15) is 4.98 Å². The highest BCUT2D eigenvalue weighted by Crippen LogP contribution is 2.46. The van der Waals surface area contributed by atoms with Gasteiger partial charge in [0.15, 0.2) is 11.6 Å². The quantitative estimate of drug-likeness (QED) is 0.594. The van der Waals surface area contributed by atoms with Gasteiger partial charge < -0.3 is 19.5 Å². The van der Waals surface area contributed by atoms with E-state index in [-0.39, 0.29) is 17.2 Å². The lowest BCUT2D eigenvalue weighted by molar-refractivity contribution is -0.118. The van der Waals surface area contributed by atoms with Crippen LogP contribution < -0.4 is 19.5 Å². The molecule has 2 aromatic carbocycles. The molecule has 8 nitrogen and oxygen atoms in total. The van der Waals surface area contributed by atoms with Crippen LogP contribution in [0.25, 0.3) is 11.4 Å². The summed E-state index contributed by atoms with van der Waals surface area (Å²) in [6, 6.07) is 12.9. The number of benzene rings is 2. The third kappa shape index (κ3) is 3.79. The Balaban J connectivity index is 1.66. The summed E-state index contributed by atoms with van der Waals surface area (Å²) in [4.78, 5) is 18.2. The van der Waals surface area contributed by atoms with Gasteiger partial charge in [0.2, 0.25) is 5.95 Å². The van der Waals surface area contributed by atoms with Crippen LogP contribution in [0.3, 0.4) is 0 Å². The Bertz CT molecular complexity index is 1270. The van der Waals surface area contributed by atoms with Gasteiger partial charge in [0.05, 0.1) is 21.3 Å². The highest BCUT2D eigenvalue weighted by atomic mass is 16.5. The highest BCUT2D eigenvalue weighted by molar-refractivity contribution is 6.00. The van der Waals surface area contributed by atoms with Crippen LogP contribution in [0.1, 0.15) is 38.3 Å². The molecular formula is C26H28N4O4. The number of carbonyl (C=O) groups excluding carboxylic acids is 1. The zero-order chi connectivity index (χ0) is 24.0. The molecule has 1 aliphatic carbocycles. The van der Waals surface area contributed by atoms with Gasteiger partial charge in [-0.3, -0.25) is 4.79 Å². The number of aromatic nitrogens is 3. The number of hydrogen-bond donors (Lipinski definition) is 1. The number of nitrogens with zero attached hydrogens (tertiary/aromatic N) is 3. The predicted molar refractivity (Wildman–Crippen MR) is 128 cm³/mol. The summed E-state index contributed by atoms with van der Waals surface area (Å²) in [5.74, 6) is 3.30. The number of nitrogens with one attached hydrogen (secondary N) is 1. The van der Waals surface area contributed by atoms with Crippen molar-refractivity contribution >= 4 is 11.7 Å². The molecule has 8 heteroatoms. The molecule has 3 aromatic rings. The molecule has 0 fully saturated rings. The van der Waals surface area contributed by atoms with Crippen molar-refractivity contribution in [3.63, 3.8) is 0 Å². The number of methoxy groups -OCH3 is 3. The number of fused-ring (bicyclic) bond motifs is 1. The molecule has 176 valence electrons. The van der Waals surface area contributed by atoms with E-state index in [4.69, 9.17) is 24.3 Å². The molecule has 0 radical (unpaired) electrons. The van der Waals surface area contributed by atoms with E-state index in [1.165, 1.54) is 0 Å². The number of anilines is 1. The summed E-state index contributed by atoms with van der Waals surface area (Å²) in [5, 5.41) is 8.26. The Kier molecular flexibility index (Phi) is 5.31. The van der Waals surface area contributed by atoms with Crippen molar-refractivity contribution in [1.29, 1.82) is 0 Å². The molecule has 0 saturated carbocycles. The van der Waals surface area contributed by atoms with E-state index in [0.717, 1.165) is 34.6 Å². The second kappa shape index (κ2) is 8.20. The maximum Gasteiger partial charge on any atom is 0.226 e. The molecule has 1 aromatic heterocycles. The summed E-state index contributed by atoms with van der Waals surface area (Å²) < 4.78 is 18.0. The molecule has 1 N–H and O–H groups in total. The third-order valence-corrected chi connectivity index (χ3v) is 6.37. The summed E-state index contributed by atoms with van der Waals surface area (Å²) in [5.41, 5.74) is 3.24. The maximum absolute atomic E-state index is 13.4. The molecule has 0 saturated heterocycles. The van der Waals surface area contributed by atoms with Gasteiger partial charge in [0.1, 0.15) is 23.3 Å². The number of Topliss-reactive ketones (excluding diaryl/α,β-unsaturated/α-hetero) is 1. The first-order chi connectivity index (χ1) is 16.3. The highest BCUT2D eigenvalue weighted by Gasteiger charge is 2.42. The van der Waals surface area contributed by atoms with Gasteiger partial charge in [0.25, 0.3) is 0 Å². The molecule has 0 spiro atoms. The molecule has 2 aliphatic rings. The molecule has 1 atom stereocenters. The largest absolute Gasteiger partial charge is 0.497 e. The normalized spacial score (nSPS) is 18.6. The zero-order valence-corrected chi connectivity index (χ0v) is 20.0. The minimum Gasteiger partial charge on any atom is -0.497 e. The topological polar surface area (TPSA) is 87.5 Å². The van der Waals surface area contributed by atoms with Crippen molar-refractivity contribution in [3.05, 3.63) is 59.3 Å². The van der Waals surface area contributed by atoms with Gasteiger partial charge in [-0.15, -0.1) is 5.10 Å². The van der Waals surface area contributed by atoms with E-state index in [0.29, 0.717) is 29.7 Å². The van der Waals surface area contributed by atoms with E-state index in [9.17, 15) is 4.79 Å². The van der Waals surface area contributed by atoms with Crippen molar-refractivity contribution in [3.8, 4) is 28.6 Å². The zero-order valence-electron chi connectivity index (χ0n) is 20.0. The van der Waals surface area contributed by atoms with Crippen LogP contribution in [0.5, 0.6) is 17.2 Å². The van der Waals surface area contributed by atoms with Gasteiger partial charge in [-0.05, 0) is 41.7 Å². The van der Waals surface area contributed by atoms with Crippen molar-refractivity contribution in [2.45, 2.75) is 32.7 Å². The summed E-state index contributed by atoms with van der Waals surface area (Å²) in [6.07, 6.45) is 1.25. The average Bonchev–Trinajstić information content (AvgIpc) is 3.25. The maximum atomic E-state index is 13.4. The Morgan fingerprint density at radius 3 is 2.21 bits per heavy atom. The van der Waals surface area contributed by atoms with E-state index >= 15 is 0 Å². The number of carbonyl (C=O) groups is 1. The van der Waals surface area contributed by atoms with Crippen LogP contribution in [0, 0.1) is 5.41 Å². The van der Waals surface area contributed by atoms with Crippen molar-refractivity contribution < 1.29 is 19.0 Å². The van der Waals surface area contributed by atoms with Crippen LogP contribution in [0.2, 0.25) is 0 Å². The monoisotopic (exact) mass is 460 g/mol. The van der Waals surface area contributed by atoms with Crippen molar-refractivity contribution in [2.24, 2.45) is 5.41 Å². The number of rotatable bonds is 5. The van der Waals surface area contributed by atoms with Crippen LogP contribution in [-0.4, -0.2) is 41.9 Å². The summed E-state index contributed by atoms with van der Waals surface area (Å²) >= 11 is 0. The fraction of sp³-hybridized carbons (Fsp3) is 0.346. The molecule has 0 bridgehead atoms. The van der Waals surface area contributed by atoms with Crippen molar-refractivity contribution in [1.82, 2.24) is 14.8 Å². The van der Waals surface area contributed by atoms with E-state index < -0.39 is 0 Å². The first kappa shape index (κ1) is 22.0. The Morgan fingerprint density at radius 1 is 0.941 bits per heavy atom. The standard InChI is InChI=1S/C26H28N4O4/c1-26(2)13-20-22(21(31)14-26)23(15-6-8-17(32-3)9-7-15)30-25(27-20)28-24(29-30)16-10-18(33-4)12-19(11-16)34-5/h6-12,23H,13-14H2,1-5H3,(H,27,28,29). The van der Waals surface area contributed by atoms with Crippen molar-refractivity contribution in [2.75, 3.05) is 26.6 Å². The number of hydrogen-bond acceptors (Lipinski definition) is 7. The molecule has 1 aliphatic heterocycles. The van der Waals surface area contributed by atoms with Crippen LogP contribution in [-0.2, 0) is 4.79 Å². The second-order valence-corrected chi connectivity index (χ2v) is 9.44. The second-order valence-electron chi connectivity index (χ2n) is 9.44. The van der Waals surface area contributed by atoms with Crippen LogP contribution >= 0.6 is 0 Å². The Morgan fingerprint density at radius 2 is 1.59 bits per heavy atom. The predicted octanol–water partition coefficient (Wildman–Crippen LogP) is 4.63. The van der Waals surface area contributed by atoms with Gasteiger partial charge in [-0.25, -0.2) is 4.68 Å². The van der Waals surface area contributed by atoms with Gasteiger partial charge in [-0.1, -0.05) is 26.0 Å². The Labute approximate surface area is 198 Å². The molecule has 1 unspecified atom stereocenters. The minimum atomic E-state index is -0.380. The lowest BCUT2D eigenvalue weighted by atomic mass is 9.73. The lowest BCUT2D eigenvalue weighted by Gasteiger charge is -2.38. The minimum absolute atomic E-state index is 0.126. The summed E-state index contributed by atoms with van der Waals surface area (Å²) in [7, 11) is 4.85. The van der Waals surface area contributed by atoms with E-state index in [1.54, 1.807) is 32.1 Å². The van der Waals surface area contributed by atoms with Gasteiger partial charge >= 0.3 is 0 Å². The molecular weight excluding hydrogens is 432 g/mol. The first-order valence-electron chi connectivity index (χ1n) is 11.2. The molecule has 34 heavy (non-hydrogen) atoms.